The van der Waals surface area contributed by atoms with Crippen LogP contribution in [-0.2, 0) is 20.6 Å². The van der Waals surface area contributed by atoms with Crippen LogP contribution in [0, 0.1) is 0 Å². The molecule has 0 bridgehead atoms. The van der Waals surface area contributed by atoms with Crippen LogP contribution < -0.4 is 11.2 Å². The standard InChI is InChI=1S/C18H20N4O2S/c1-4-25-17-19-15-14(16(23)21(3)18(24)20(15)2)22(17)12-8-11-13-9-6-5-7-10-13/h5-11H,4,12H2,1-3H3/b11-8+. The van der Waals surface area contributed by atoms with Crippen LogP contribution in [0.4, 0.5) is 0 Å². The Bertz CT molecular complexity index is 1040. The lowest BCUT2D eigenvalue weighted by molar-refractivity contribution is 0.700. The van der Waals surface area contributed by atoms with Crippen molar-refractivity contribution in [2.45, 2.75) is 18.6 Å². The number of nitrogens with zero attached hydrogens (tertiary/aromatic N) is 4. The fourth-order valence-electron chi connectivity index (χ4n) is 2.69. The van der Waals surface area contributed by atoms with E-state index in [2.05, 4.69) is 4.98 Å². The Morgan fingerprint density at radius 1 is 1.12 bits per heavy atom. The van der Waals surface area contributed by atoms with E-state index in [9.17, 15) is 9.59 Å². The van der Waals surface area contributed by atoms with E-state index in [1.807, 2.05) is 54.0 Å². The number of rotatable bonds is 5. The third-order valence-electron chi connectivity index (χ3n) is 3.98. The number of allylic oxidation sites excluding steroid dienone is 1. The maximum atomic E-state index is 12.6. The Balaban J connectivity index is 2.12. The third-order valence-corrected chi connectivity index (χ3v) is 4.84. The molecular weight excluding hydrogens is 336 g/mol. The number of aromatic nitrogens is 4. The normalized spacial score (nSPS) is 11.6. The fourth-order valence-corrected chi connectivity index (χ4v) is 3.42. The molecular formula is C18H20N4O2S. The molecule has 25 heavy (non-hydrogen) atoms. The van der Waals surface area contributed by atoms with Crippen LogP contribution in [0.15, 0.2) is 51.2 Å². The average molecular weight is 356 g/mol. The number of imidazole rings is 1. The van der Waals surface area contributed by atoms with Crippen LogP contribution in [-0.4, -0.2) is 24.4 Å². The van der Waals surface area contributed by atoms with E-state index in [0.29, 0.717) is 17.7 Å². The third kappa shape index (κ3) is 3.19. The molecule has 130 valence electrons. The van der Waals surface area contributed by atoms with Crippen LogP contribution >= 0.6 is 11.8 Å². The van der Waals surface area contributed by atoms with Crippen molar-refractivity contribution in [1.82, 2.24) is 18.7 Å². The molecule has 0 N–H and O–H groups in total. The highest BCUT2D eigenvalue weighted by Gasteiger charge is 2.18. The minimum Gasteiger partial charge on any atom is -0.309 e. The molecule has 7 heteroatoms. The van der Waals surface area contributed by atoms with Gasteiger partial charge in [0.05, 0.1) is 0 Å². The molecule has 0 spiro atoms. The highest BCUT2D eigenvalue weighted by molar-refractivity contribution is 7.99. The van der Waals surface area contributed by atoms with Crippen LogP contribution in [0.5, 0.6) is 0 Å². The van der Waals surface area contributed by atoms with Gasteiger partial charge in [0.1, 0.15) is 0 Å². The van der Waals surface area contributed by atoms with Gasteiger partial charge < -0.3 is 4.57 Å². The van der Waals surface area contributed by atoms with E-state index < -0.39 is 0 Å². The highest BCUT2D eigenvalue weighted by Crippen LogP contribution is 2.21. The summed E-state index contributed by atoms with van der Waals surface area (Å²) in [4.78, 5) is 29.3. The van der Waals surface area contributed by atoms with E-state index >= 15 is 0 Å². The molecule has 0 aliphatic heterocycles. The summed E-state index contributed by atoms with van der Waals surface area (Å²) in [5.41, 5.74) is 1.30. The first-order chi connectivity index (χ1) is 12.0. The van der Waals surface area contributed by atoms with Gasteiger partial charge in [0.15, 0.2) is 16.3 Å². The summed E-state index contributed by atoms with van der Waals surface area (Å²) in [7, 11) is 3.13. The Hall–Kier alpha value is -2.54. The second kappa shape index (κ2) is 7.14. The van der Waals surface area contributed by atoms with Crippen molar-refractivity contribution >= 4 is 29.0 Å². The van der Waals surface area contributed by atoms with Gasteiger partial charge in [-0.15, -0.1) is 0 Å². The number of hydrogen-bond acceptors (Lipinski definition) is 4. The summed E-state index contributed by atoms with van der Waals surface area (Å²) in [6, 6.07) is 9.98. The number of thioether (sulfide) groups is 1. The minimum absolute atomic E-state index is 0.318. The Labute approximate surface area is 149 Å². The smallest absolute Gasteiger partial charge is 0.309 e. The predicted octanol–water partition coefficient (Wildman–Crippen LogP) is 2.26. The number of hydrogen-bond donors (Lipinski definition) is 0. The molecule has 3 aromatic rings. The largest absolute Gasteiger partial charge is 0.332 e. The monoisotopic (exact) mass is 356 g/mol. The minimum atomic E-state index is -0.366. The van der Waals surface area contributed by atoms with Gasteiger partial charge in [-0.05, 0) is 11.3 Å². The van der Waals surface area contributed by atoms with Gasteiger partial charge in [-0.25, -0.2) is 9.78 Å². The Morgan fingerprint density at radius 2 is 1.84 bits per heavy atom. The zero-order chi connectivity index (χ0) is 18.0. The lowest BCUT2D eigenvalue weighted by Gasteiger charge is -2.06. The molecule has 0 unspecified atom stereocenters. The molecule has 6 nitrogen and oxygen atoms in total. The zero-order valence-corrected chi connectivity index (χ0v) is 15.3. The first-order valence-corrected chi connectivity index (χ1v) is 9.03. The molecule has 3 rings (SSSR count). The van der Waals surface area contributed by atoms with Gasteiger partial charge in [0.25, 0.3) is 5.56 Å². The molecule has 0 fully saturated rings. The molecule has 0 saturated carbocycles. The molecule has 0 amide bonds. The van der Waals surface area contributed by atoms with Gasteiger partial charge in [-0.3, -0.25) is 13.9 Å². The lowest BCUT2D eigenvalue weighted by atomic mass is 10.2. The van der Waals surface area contributed by atoms with Gasteiger partial charge in [0.2, 0.25) is 0 Å². The quantitative estimate of drug-likeness (QED) is 0.658. The summed E-state index contributed by atoms with van der Waals surface area (Å²) in [5, 5.41) is 0.744. The van der Waals surface area contributed by atoms with Crippen molar-refractivity contribution in [3.05, 3.63) is 62.8 Å². The van der Waals surface area contributed by atoms with Gasteiger partial charge >= 0.3 is 5.69 Å². The number of aryl methyl sites for hydroxylation is 1. The van der Waals surface area contributed by atoms with Crippen molar-refractivity contribution in [1.29, 1.82) is 0 Å². The SMILES string of the molecule is CCSc1nc2c(c(=O)n(C)c(=O)n2C)n1C/C=C/c1ccccc1. The second-order valence-electron chi connectivity index (χ2n) is 5.63. The average Bonchev–Trinajstić information content (AvgIpc) is 2.98. The Kier molecular flexibility index (Phi) is 4.94. The molecule has 1 aromatic carbocycles. The molecule has 0 aliphatic carbocycles. The first kappa shape index (κ1) is 17.3. The highest BCUT2D eigenvalue weighted by atomic mass is 32.2. The maximum Gasteiger partial charge on any atom is 0.332 e. The lowest BCUT2D eigenvalue weighted by Crippen LogP contribution is -2.37. The van der Waals surface area contributed by atoms with Crippen molar-refractivity contribution in [3.8, 4) is 0 Å². The maximum absolute atomic E-state index is 12.6. The van der Waals surface area contributed by atoms with Crippen LogP contribution in [0.3, 0.4) is 0 Å². The van der Waals surface area contributed by atoms with Crippen molar-refractivity contribution in [3.63, 3.8) is 0 Å². The van der Waals surface area contributed by atoms with E-state index in [1.54, 1.807) is 18.8 Å². The molecule has 2 heterocycles. The first-order valence-electron chi connectivity index (χ1n) is 8.05. The number of benzene rings is 1. The van der Waals surface area contributed by atoms with E-state index in [1.165, 1.54) is 11.6 Å². The number of fused-ring (bicyclic) bond motifs is 1. The summed E-state index contributed by atoms with van der Waals surface area (Å²) in [5.74, 6) is 0.833. The van der Waals surface area contributed by atoms with Crippen molar-refractivity contribution in [2.75, 3.05) is 5.75 Å². The Morgan fingerprint density at radius 3 is 2.52 bits per heavy atom. The predicted molar refractivity (Wildman–Crippen MR) is 102 cm³/mol. The zero-order valence-electron chi connectivity index (χ0n) is 14.5. The van der Waals surface area contributed by atoms with Crippen molar-refractivity contribution < 1.29 is 0 Å². The van der Waals surface area contributed by atoms with E-state index in [-0.39, 0.29) is 11.2 Å². The van der Waals surface area contributed by atoms with Crippen LogP contribution in [0.25, 0.3) is 17.2 Å². The fraction of sp³-hybridized carbons (Fsp3) is 0.278. The molecule has 0 atom stereocenters. The van der Waals surface area contributed by atoms with Gasteiger partial charge in [-0.1, -0.05) is 61.2 Å². The molecule has 2 aromatic heterocycles. The summed E-state index contributed by atoms with van der Waals surface area (Å²) < 4.78 is 4.43. The van der Waals surface area contributed by atoms with E-state index in [4.69, 9.17) is 0 Å². The van der Waals surface area contributed by atoms with Crippen LogP contribution in [0.2, 0.25) is 0 Å². The molecule has 0 saturated heterocycles. The topological polar surface area (TPSA) is 61.8 Å². The van der Waals surface area contributed by atoms with Crippen LogP contribution in [0.1, 0.15) is 12.5 Å². The van der Waals surface area contributed by atoms with Gasteiger partial charge in [-0.2, -0.15) is 0 Å². The molecule has 0 aliphatic rings. The van der Waals surface area contributed by atoms with E-state index in [0.717, 1.165) is 21.0 Å². The second-order valence-corrected chi connectivity index (χ2v) is 6.86. The summed E-state index contributed by atoms with van der Waals surface area (Å²) in [6.45, 7) is 2.55. The van der Waals surface area contributed by atoms with Gasteiger partial charge in [0, 0.05) is 20.6 Å². The summed E-state index contributed by atoms with van der Waals surface area (Å²) in [6.07, 6.45) is 4.01. The van der Waals surface area contributed by atoms with Crippen molar-refractivity contribution in [2.24, 2.45) is 14.1 Å². The summed E-state index contributed by atoms with van der Waals surface area (Å²) >= 11 is 1.56. The molecule has 0 radical (unpaired) electrons.